The van der Waals surface area contributed by atoms with E-state index in [1.807, 2.05) is 49.4 Å². The number of methoxy groups -OCH3 is 2. The molecule has 0 saturated heterocycles. The molecule has 0 aliphatic carbocycles. The van der Waals surface area contributed by atoms with Crippen molar-refractivity contribution in [3.05, 3.63) is 78.1 Å². The number of anilines is 1. The van der Waals surface area contributed by atoms with Gasteiger partial charge in [-0.1, -0.05) is 24.3 Å². The fourth-order valence-corrected chi connectivity index (χ4v) is 3.19. The molecule has 31 heavy (non-hydrogen) atoms. The quantitative estimate of drug-likeness (QED) is 0.342. The Labute approximate surface area is 179 Å². The molecule has 1 aromatic heterocycles. The van der Waals surface area contributed by atoms with Crippen LogP contribution < -0.4 is 14.9 Å². The van der Waals surface area contributed by atoms with E-state index in [4.69, 9.17) is 9.47 Å². The van der Waals surface area contributed by atoms with Crippen LogP contribution in [0.3, 0.4) is 0 Å². The summed E-state index contributed by atoms with van der Waals surface area (Å²) in [4.78, 5) is 9.07. The van der Waals surface area contributed by atoms with E-state index in [2.05, 4.69) is 20.5 Å². The van der Waals surface area contributed by atoms with Crippen LogP contribution in [0.25, 0.3) is 22.3 Å². The number of aromatic nitrogens is 2. The van der Waals surface area contributed by atoms with Gasteiger partial charge in [0.15, 0.2) is 23.1 Å². The summed E-state index contributed by atoms with van der Waals surface area (Å²) in [6, 6.07) is 19.5. The summed E-state index contributed by atoms with van der Waals surface area (Å²) in [6.45, 7) is 1.87. The van der Waals surface area contributed by atoms with Gasteiger partial charge in [-0.3, -0.25) is 5.43 Å². The third-order valence-electron chi connectivity index (χ3n) is 4.85. The van der Waals surface area contributed by atoms with Crippen molar-refractivity contribution in [2.45, 2.75) is 6.92 Å². The molecule has 0 bridgehead atoms. The molecule has 156 valence electrons. The summed E-state index contributed by atoms with van der Waals surface area (Å²) >= 11 is 0. The van der Waals surface area contributed by atoms with Crippen molar-refractivity contribution < 1.29 is 13.9 Å². The number of ether oxygens (including phenoxy) is 2. The van der Waals surface area contributed by atoms with Crippen molar-refractivity contribution >= 4 is 22.4 Å². The SMILES string of the molecule is COc1ccc(/C(C)=N\Nc2nc(-c3ccccc3F)nc3ccccc23)cc1OC. The van der Waals surface area contributed by atoms with Crippen molar-refractivity contribution in [2.75, 3.05) is 19.6 Å². The second kappa shape index (κ2) is 8.79. The smallest absolute Gasteiger partial charge is 0.165 e. The first kappa shape index (κ1) is 20.3. The standard InChI is InChI=1S/C24H21FN4O2/c1-15(16-12-13-21(30-2)22(14-16)31-3)28-29-24-18-9-5-7-11-20(18)26-23(27-24)17-8-4-6-10-19(17)25/h4-14H,1-3H3,(H,26,27,29)/b28-15-. The van der Waals surface area contributed by atoms with Crippen LogP contribution in [0.4, 0.5) is 10.2 Å². The molecular weight excluding hydrogens is 395 g/mol. The van der Waals surface area contributed by atoms with Crippen LogP contribution in [0, 0.1) is 5.82 Å². The number of para-hydroxylation sites is 1. The first-order valence-electron chi connectivity index (χ1n) is 9.65. The largest absolute Gasteiger partial charge is 0.493 e. The average Bonchev–Trinajstić information content (AvgIpc) is 2.81. The van der Waals surface area contributed by atoms with Crippen LogP contribution in [-0.4, -0.2) is 29.9 Å². The van der Waals surface area contributed by atoms with E-state index in [0.717, 1.165) is 16.7 Å². The molecule has 0 spiro atoms. The first-order chi connectivity index (χ1) is 15.1. The lowest BCUT2D eigenvalue weighted by molar-refractivity contribution is 0.355. The number of nitrogens with one attached hydrogen (secondary N) is 1. The van der Waals surface area contributed by atoms with E-state index in [-0.39, 0.29) is 5.82 Å². The summed E-state index contributed by atoms with van der Waals surface area (Å²) in [5.74, 6) is 1.66. The lowest BCUT2D eigenvalue weighted by Crippen LogP contribution is -2.04. The lowest BCUT2D eigenvalue weighted by Gasteiger charge is -2.11. The molecule has 1 N–H and O–H groups in total. The second-order valence-corrected chi connectivity index (χ2v) is 6.77. The second-order valence-electron chi connectivity index (χ2n) is 6.77. The predicted octanol–water partition coefficient (Wildman–Crippen LogP) is 5.29. The first-order valence-corrected chi connectivity index (χ1v) is 9.65. The molecule has 3 aromatic carbocycles. The molecular formula is C24H21FN4O2. The molecule has 0 fully saturated rings. The Morgan fingerprint density at radius 1 is 0.903 bits per heavy atom. The third kappa shape index (κ3) is 4.16. The Hall–Kier alpha value is -4.00. The van der Waals surface area contributed by atoms with Gasteiger partial charge in [-0.15, -0.1) is 0 Å². The molecule has 0 saturated carbocycles. The van der Waals surface area contributed by atoms with Crippen molar-refractivity contribution in [2.24, 2.45) is 5.10 Å². The van der Waals surface area contributed by atoms with Crippen LogP contribution in [0.1, 0.15) is 12.5 Å². The predicted molar refractivity (Wildman–Crippen MR) is 120 cm³/mol. The number of benzene rings is 3. The molecule has 6 nitrogen and oxygen atoms in total. The highest BCUT2D eigenvalue weighted by Crippen LogP contribution is 2.29. The van der Waals surface area contributed by atoms with Crippen molar-refractivity contribution in [3.63, 3.8) is 0 Å². The van der Waals surface area contributed by atoms with Crippen LogP contribution in [-0.2, 0) is 0 Å². The zero-order valence-corrected chi connectivity index (χ0v) is 17.4. The highest BCUT2D eigenvalue weighted by atomic mass is 19.1. The maximum atomic E-state index is 14.3. The number of halogens is 1. The molecule has 0 aliphatic heterocycles. The van der Waals surface area contributed by atoms with Gasteiger partial charge in [-0.25, -0.2) is 14.4 Å². The molecule has 4 rings (SSSR count). The van der Waals surface area contributed by atoms with Crippen molar-refractivity contribution in [1.82, 2.24) is 9.97 Å². The van der Waals surface area contributed by atoms with Crippen molar-refractivity contribution in [1.29, 1.82) is 0 Å². The van der Waals surface area contributed by atoms with Gasteiger partial charge >= 0.3 is 0 Å². The number of hydrogen-bond acceptors (Lipinski definition) is 6. The minimum absolute atomic E-state index is 0.290. The third-order valence-corrected chi connectivity index (χ3v) is 4.85. The van der Waals surface area contributed by atoms with Crippen LogP contribution in [0.2, 0.25) is 0 Å². The van der Waals surface area contributed by atoms with Gasteiger partial charge in [-0.2, -0.15) is 5.10 Å². The molecule has 0 atom stereocenters. The summed E-state index contributed by atoms with van der Waals surface area (Å²) in [5, 5.41) is 5.27. The van der Waals surface area contributed by atoms with Crippen LogP contribution >= 0.6 is 0 Å². The minimum Gasteiger partial charge on any atom is -0.493 e. The van der Waals surface area contributed by atoms with E-state index in [1.54, 1.807) is 32.4 Å². The highest BCUT2D eigenvalue weighted by molar-refractivity contribution is 6.00. The number of hydrazone groups is 1. The van der Waals surface area contributed by atoms with Gasteiger partial charge in [0.05, 0.1) is 31.0 Å². The molecule has 0 radical (unpaired) electrons. The van der Waals surface area contributed by atoms with E-state index in [9.17, 15) is 4.39 Å². The Morgan fingerprint density at radius 2 is 1.65 bits per heavy atom. The van der Waals surface area contributed by atoms with E-state index in [1.165, 1.54) is 6.07 Å². The van der Waals surface area contributed by atoms with Gasteiger partial charge < -0.3 is 9.47 Å². The lowest BCUT2D eigenvalue weighted by atomic mass is 10.1. The molecule has 4 aromatic rings. The minimum atomic E-state index is -0.381. The molecule has 0 unspecified atom stereocenters. The molecule has 7 heteroatoms. The number of nitrogens with zero attached hydrogens (tertiary/aromatic N) is 3. The van der Waals surface area contributed by atoms with Crippen LogP contribution in [0.15, 0.2) is 71.8 Å². The Balaban J connectivity index is 1.73. The van der Waals surface area contributed by atoms with Gasteiger partial charge in [0.25, 0.3) is 0 Å². The maximum absolute atomic E-state index is 14.3. The normalized spacial score (nSPS) is 11.4. The van der Waals surface area contributed by atoms with E-state index in [0.29, 0.717) is 34.2 Å². The highest BCUT2D eigenvalue weighted by Gasteiger charge is 2.12. The van der Waals surface area contributed by atoms with Gasteiger partial charge in [0.2, 0.25) is 0 Å². The molecule has 0 aliphatic rings. The summed E-state index contributed by atoms with van der Waals surface area (Å²) < 4.78 is 25.0. The van der Waals surface area contributed by atoms with E-state index >= 15 is 0 Å². The number of rotatable bonds is 6. The Bertz CT molecular complexity index is 1270. The Morgan fingerprint density at radius 3 is 2.42 bits per heavy atom. The number of fused-ring (bicyclic) bond motifs is 1. The van der Waals surface area contributed by atoms with Gasteiger partial charge in [0.1, 0.15) is 5.82 Å². The fraction of sp³-hybridized carbons (Fsp3) is 0.125. The zero-order valence-electron chi connectivity index (χ0n) is 17.4. The topological polar surface area (TPSA) is 68.6 Å². The molecule has 1 heterocycles. The average molecular weight is 416 g/mol. The summed E-state index contributed by atoms with van der Waals surface area (Å²) in [6.07, 6.45) is 0. The molecule has 0 amide bonds. The Kier molecular flexibility index (Phi) is 5.75. The zero-order chi connectivity index (χ0) is 21.8. The van der Waals surface area contributed by atoms with Gasteiger partial charge in [0, 0.05) is 10.9 Å². The van der Waals surface area contributed by atoms with Crippen LogP contribution in [0.5, 0.6) is 11.5 Å². The number of hydrogen-bond donors (Lipinski definition) is 1. The monoisotopic (exact) mass is 416 g/mol. The van der Waals surface area contributed by atoms with Gasteiger partial charge in [-0.05, 0) is 49.4 Å². The maximum Gasteiger partial charge on any atom is 0.165 e. The summed E-state index contributed by atoms with van der Waals surface area (Å²) in [5.41, 5.74) is 5.62. The van der Waals surface area contributed by atoms with E-state index < -0.39 is 0 Å². The fourth-order valence-electron chi connectivity index (χ4n) is 3.19. The summed E-state index contributed by atoms with van der Waals surface area (Å²) in [7, 11) is 3.18. The van der Waals surface area contributed by atoms with Crippen molar-refractivity contribution in [3.8, 4) is 22.9 Å².